The molecule has 0 amide bonds. The first-order valence-corrected chi connectivity index (χ1v) is 9.37. The molecule has 0 aliphatic heterocycles. The molecule has 0 spiro atoms. The van der Waals surface area contributed by atoms with Crippen LogP contribution >= 0.6 is 0 Å². The number of hydrogen-bond acceptors (Lipinski definition) is 4. The lowest BCUT2D eigenvalue weighted by atomic mass is 9.68. The van der Waals surface area contributed by atoms with Gasteiger partial charge in [-0.05, 0) is 42.6 Å². The van der Waals surface area contributed by atoms with Crippen molar-refractivity contribution in [3.05, 3.63) is 28.4 Å². The summed E-state index contributed by atoms with van der Waals surface area (Å²) in [6.45, 7) is 16.8. The third-order valence-corrected chi connectivity index (χ3v) is 5.32. The van der Waals surface area contributed by atoms with E-state index in [1.54, 1.807) is 6.92 Å². The van der Waals surface area contributed by atoms with Crippen molar-refractivity contribution >= 4 is 11.4 Å². The number of carbonyl (C=O) groups is 1. The van der Waals surface area contributed by atoms with Crippen molar-refractivity contribution in [2.75, 3.05) is 0 Å². The predicted octanol–water partition coefficient (Wildman–Crippen LogP) is 5.54. The van der Waals surface area contributed by atoms with Crippen LogP contribution in [0.2, 0.25) is 0 Å². The Labute approximate surface area is 151 Å². The molecule has 4 nitrogen and oxygen atoms in total. The smallest absolute Gasteiger partial charge is 0.223 e. The Bertz CT molecular complexity index is 722. The van der Waals surface area contributed by atoms with Gasteiger partial charge in [-0.25, -0.2) is 0 Å². The largest absolute Gasteiger partial charge is 0.339 e. The summed E-state index contributed by atoms with van der Waals surface area (Å²) >= 11 is 0. The molecule has 2 rings (SSSR count). The van der Waals surface area contributed by atoms with Gasteiger partial charge in [0.15, 0.2) is 11.6 Å². The topological polar surface area (TPSA) is 56.0 Å². The van der Waals surface area contributed by atoms with E-state index in [2.05, 4.69) is 58.6 Å². The van der Waals surface area contributed by atoms with Gasteiger partial charge in [0, 0.05) is 24.5 Å². The van der Waals surface area contributed by atoms with E-state index in [1.807, 2.05) is 0 Å². The maximum absolute atomic E-state index is 13.1. The number of ketones is 1. The van der Waals surface area contributed by atoms with Crippen LogP contribution in [0.25, 0.3) is 5.57 Å². The third kappa shape index (κ3) is 3.94. The van der Waals surface area contributed by atoms with Gasteiger partial charge in [-0.15, -0.1) is 0 Å². The maximum atomic E-state index is 13.1. The molecule has 1 atom stereocenters. The summed E-state index contributed by atoms with van der Waals surface area (Å²) in [6.07, 6.45) is 2.60. The summed E-state index contributed by atoms with van der Waals surface area (Å²) in [4.78, 5) is 17.6. The second-order valence-corrected chi connectivity index (χ2v) is 8.37. The summed E-state index contributed by atoms with van der Waals surface area (Å²) in [6, 6.07) is 0. The molecule has 0 radical (unpaired) electrons. The van der Waals surface area contributed by atoms with Gasteiger partial charge in [-0.3, -0.25) is 4.79 Å². The summed E-state index contributed by atoms with van der Waals surface area (Å²) in [5, 5.41) is 4.15. The van der Waals surface area contributed by atoms with E-state index in [-0.39, 0.29) is 23.0 Å². The normalized spacial score (nSPS) is 22.9. The van der Waals surface area contributed by atoms with Crippen LogP contribution in [0.4, 0.5) is 0 Å². The van der Waals surface area contributed by atoms with Crippen molar-refractivity contribution in [1.29, 1.82) is 0 Å². The van der Waals surface area contributed by atoms with Gasteiger partial charge in [0.1, 0.15) is 0 Å². The molecule has 1 heterocycles. The number of hydrogen-bond donors (Lipinski definition) is 0. The first-order chi connectivity index (χ1) is 11.6. The molecule has 138 valence electrons. The number of Topliss-reactive ketones (excluding diaryl/α,β-unsaturated/α-hetero) is 1. The Hall–Kier alpha value is -1.71. The van der Waals surface area contributed by atoms with Crippen molar-refractivity contribution in [2.24, 2.45) is 17.3 Å². The van der Waals surface area contributed by atoms with E-state index < -0.39 is 0 Å². The summed E-state index contributed by atoms with van der Waals surface area (Å²) in [5.74, 6) is 1.86. The lowest BCUT2D eigenvalue weighted by molar-refractivity contribution is -0.118. The van der Waals surface area contributed by atoms with Crippen LogP contribution in [0.3, 0.4) is 0 Å². The fourth-order valence-electron chi connectivity index (χ4n) is 3.97. The van der Waals surface area contributed by atoms with Crippen molar-refractivity contribution in [3.8, 4) is 0 Å². The Morgan fingerprint density at radius 1 is 1.12 bits per heavy atom. The highest BCUT2D eigenvalue weighted by atomic mass is 16.5. The number of aryl methyl sites for hydroxylation is 1. The quantitative estimate of drug-likeness (QED) is 0.703. The van der Waals surface area contributed by atoms with Gasteiger partial charge < -0.3 is 4.52 Å². The molecule has 1 aliphatic rings. The van der Waals surface area contributed by atoms with Crippen LogP contribution in [0.1, 0.15) is 79.4 Å². The zero-order chi connectivity index (χ0) is 18.9. The van der Waals surface area contributed by atoms with Crippen LogP contribution in [0.15, 0.2) is 21.2 Å². The second kappa shape index (κ2) is 7.27. The highest BCUT2D eigenvalue weighted by Gasteiger charge is 2.36. The van der Waals surface area contributed by atoms with E-state index >= 15 is 0 Å². The minimum atomic E-state index is 0.0769. The van der Waals surface area contributed by atoms with Crippen LogP contribution in [-0.4, -0.2) is 15.9 Å². The lowest BCUT2D eigenvalue weighted by Gasteiger charge is -2.35. The first-order valence-electron chi connectivity index (χ1n) is 9.37. The van der Waals surface area contributed by atoms with Crippen molar-refractivity contribution in [2.45, 2.75) is 74.7 Å². The molecule has 0 fully saturated rings. The summed E-state index contributed by atoms with van der Waals surface area (Å²) < 4.78 is 5.22. The molecule has 0 saturated carbocycles. The average molecular weight is 344 g/mol. The van der Waals surface area contributed by atoms with Crippen LogP contribution < -0.4 is 0 Å². The highest BCUT2D eigenvalue weighted by Crippen LogP contribution is 2.45. The average Bonchev–Trinajstić information content (AvgIpc) is 2.91. The number of carbonyl (C=O) groups excluding carboxylic acids is 1. The van der Waals surface area contributed by atoms with Gasteiger partial charge in [0.25, 0.3) is 0 Å². The summed E-state index contributed by atoms with van der Waals surface area (Å²) in [7, 11) is 0. The Morgan fingerprint density at radius 2 is 1.72 bits per heavy atom. The monoisotopic (exact) mass is 344 g/mol. The van der Waals surface area contributed by atoms with E-state index in [0.29, 0.717) is 18.1 Å². The molecular weight excluding hydrogens is 312 g/mol. The molecule has 0 aromatic carbocycles. The molecular formula is C21H32N2O2. The van der Waals surface area contributed by atoms with E-state index in [9.17, 15) is 4.79 Å². The van der Waals surface area contributed by atoms with Gasteiger partial charge >= 0.3 is 0 Å². The van der Waals surface area contributed by atoms with Gasteiger partial charge in [-0.1, -0.05) is 52.3 Å². The fraction of sp³-hybridized carbons (Fsp3) is 0.667. The molecule has 0 bridgehead atoms. The summed E-state index contributed by atoms with van der Waals surface area (Å²) in [5.41, 5.74) is 4.31. The minimum absolute atomic E-state index is 0.0769. The zero-order valence-corrected chi connectivity index (χ0v) is 17.0. The van der Waals surface area contributed by atoms with Crippen molar-refractivity contribution in [3.63, 3.8) is 0 Å². The van der Waals surface area contributed by atoms with Gasteiger partial charge in [-0.2, -0.15) is 4.98 Å². The van der Waals surface area contributed by atoms with Crippen LogP contribution in [-0.2, 0) is 4.79 Å². The number of rotatable bonds is 5. The number of aromatic nitrogens is 2. The van der Waals surface area contributed by atoms with Crippen LogP contribution in [0.5, 0.6) is 0 Å². The van der Waals surface area contributed by atoms with Crippen molar-refractivity contribution in [1.82, 2.24) is 10.1 Å². The maximum Gasteiger partial charge on any atom is 0.223 e. The van der Waals surface area contributed by atoms with E-state index in [1.165, 1.54) is 5.57 Å². The van der Waals surface area contributed by atoms with Crippen LogP contribution in [0, 0.1) is 24.2 Å². The van der Waals surface area contributed by atoms with E-state index in [0.717, 1.165) is 29.6 Å². The molecule has 25 heavy (non-hydrogen) atoms. The van der Waals surface area contributed by atoms with Gasteiger partial charge in [0.2, 0.25) is 5.89 Å². The Balaban J connectivity index is 2.71. The van der Waals surface area contributed by atoms with Crippen molar-refractivity contribution < 1.29 is 9.32 Å². The zero-order valence-electron chi connectivity index (χ0n) is 17.0. The molecule has 1 aromatic rings. The first kappa shape index (κ1) is 19.6. The van der Waals surface area contributed by atoms with Gasteiger partial charge in [0.05, 0.1) is 0 Å². The minimum Gasteiger partial charge on any atom is -0.339 e. The Kier molecular flexibility index (Phi) is 5.70. The standard InChI is InChI=1S/C21H32N2O2/c1-9-21(8)10-14(6)19(16(24)11-21)17(12(2)3)18(13(4)5)20-22-15(7)25-23-20/h12-13H,9-11H2,1-8H3/b18-17+. The molecule has 0 N–H and O–H groups in total. The predicted molar refractivity (Wildman–Crippen MR) is 101 cm³/mol. The molecule has 1 unspecified atom stereocenters. The fourth-order valence-corrected chi connectivity index (χ4v) is 3.97. The van der Waals surface area contributed by atoms with E-state index in [4.69, 9.17) is 4.52 Å². The molecule has 1 aliphatic carbocycles. The number of allylic oxidation sites excluding steroid dienone is 4. The molecule has 4 heteroatoms. The second-order valence-electron chi connectivity index (χ2n) is 8.37. The highest BCUT2D eigenvalue weighted by molar-refractivity contribution is 6.03. The SMILES string of the molecule is CCC1(C)CC(=O)C(/C(=C(/c2noc(C)n2)C(C)C)C(C)C)=C(C)C1. The third-order valence-electron chi connectivity index (χ3n) is 5.32. The number of nitrogens with zero attached hydrogens (tertiary/aromatic N) is 2. The molecule has 0 saturated heterocycles. The Morgan fingerprint density at radius 3 is 2.12 bits per heavy atom. The lowest BCUT2D eigenvalue weighted by Crippen LogP contribution is -2.29. The molecule has 1 aromatic heterocycles.